The molecule has 0 aromatic heterocycles. The van der Waals surface area contributed by atoms with Crippen molar-refractivity contribution in [1.82, 2.24) is 15.1 Å². The second-order valence-corrected chi connectivity index (χ2v) is 10.8. The molecule has 0 saturated carbocycles. The maximum absolute atomic E-state index is 12.3. The van der Waals surface area contributed by atoms with Gasteiger partial charge in [-0.25, -0.2) is 8.42 Å². The first-order valence-corrected chi connectivity index (χ1v) is 11.5. The summed E-state index contributed by atoms with van der Waals surface area (Å²) in [6.07, 6.45) is 2.49. The van der Waals surface area contributed by atoms with Crippen LogP contribution in [0, 0.1) is 0 Å². The van der Waals surface area contributed by atoms with E-state index in [-0.39, 0.29) is 29.7 Å². The van der Waals surface area contributed by atoms with Crippen molar-refractivity contribution >= 4 is 39.8 Å². The third-order valence-electron chi connectivity index (χ3n) is 5.77. The molecule has 1 aromatic carbocycles. The predicted octanol–water partition coefficient (Wildman–Crippen LogP) is 2.53. The molecule has 2 aliphatic rings. The molecule has 8 heteroatoms. The van der Waals surface area contributed by atoms with E-state index in [1.54, 1.807) is 20.9 Å². The van der Waals surface area contributed by atoms with Crippen molar-refractivity contribution in [1.29, 1.82) is 0 Å². The number of nitrogens with zero attached hydrogens (tertiary/aromatic N) is 3. The second-order valence-electron chi connectivity index (χ2n) is 8.10. The lowest BCUT2D eigenvalue weighted by molar-refractivity contribution is 0.242. The second kappa shape index (κ2) is 9.75. The maximum Gasteiger partial charge on any atom is 0.193 e. The van der Waals surface area contributed by atoms with Crippen LogP contribution in [0.1, 0.15) is 38.3 Å². The lowest BCUT2D eigenvalue weighted by Crippen LogP contribution is -2.57. The predicted molar refractivity (Wildman–Crippen MR) is 126 cm³/mol. The van der Waals surface area contributed by atoms with E-state index >= 15 is 0 Å². The lowest BCUT2D eigenvalue weighted by Gasteiger charge is -2.39. The summed E-state index contributed by atoms with van der Waals surface area (Å²) in [6.45, 7) is 7.57. The average Bonchev–Trinajstić information content (AvgIpc) is 3.16. The van der Waals surface area contributed by atoms with Crippen LogP contribution in [0.4, 0.5) is 0 Å². The molecule has 0 aliphatic carbocycles. The van der Waals surface area contributed by atoms with Crippen LogP contribution >= 0.6 is 24.0 Å². The van der Waals surface area contributed by atoms with Gasteiger partial charge in [0.25, 0.3) is 0 Å². The monoisotopic (exact) mass is 520 g/mol. The first kappa shape index (κ1) is 23.4. The van der Waals surface area contributed by atoms with Crippen LogP contribution < -0.4 is 5.32 Å². The largest absolute Gasteiger partial charge is 0.354 e. The highest BCUT2D eigenvalue weighted by atomic mass is 127. The minimum atomic E-state index is -3.06. The number of hydrogen-bond acceptors (Lipinski definition) is 4. The first-order valence-electron chi connectivity index (χ1n) is 9.81. The molecular weight excluding hydrogens is 487 g/mol. The smallest absolute Gasteiger partial charge is 0.193 e. The van der Waals surface area contributed by atoms with Gasteiger partial charge in [-0.3, -0.25) is 9.89 Å². The van der Waals surface area contributed by atoms with Crippen LogP contribution in [-0.4, -0.2) is 74.4 Å². The molecule has 1 atom stereocenters. The van der Waals surface area contributed by atoms with E-state index in [2.05, 4.69) is 44.4 Å². The third-order valence-corrected chi connectivity index (χ3v) is 8.31. The Morgan fingerprint density at radius 1 is 1.18 bits per heavy atom. The Labute approximate surface area is 186 Å². The third kappa shape index (κ3) is 5.18. The summed E-state index contributed by atoms with van der Waals surface area (Å²) in [6, 6.07) is 10.9. The van der Waals surface area contributed by atoms with Gasteiger partial charge < -0.3 is 10.2 Å². The summed E-state index contributed by atoms with van der Waals surface area (Å²) in [4.78, 5) is 9.04. The molecule has 0 bridgehead atoms. The van der Waals surface area contributed by atoms with Crippen LogP contribution in [0.3, 0.4) is 0 Å². The lowest BCUT2D eigenvalue weighted by atomic mass is 10.1. The molecule has 3 rings (SSSR count). The van der Waals surface area contributed by atoms with Crippen molar-refractivity contribution in [3.8, 4) is 0 Å². The molecule has 1 aromatic rings. The molecule has 0 amide bonds. The Morgan fingerprint density at radius 2 is 1.82 bits per heavy atom. The van der Waals surface area contributed by atoms with Gasteiger partial charge >= 0.3 is 0 Å². The molecule has 6 nitrogen and oxygen atoms in total. The fourth-order valence-corrected chi connectivity index (χ4v) is 5.40. The average molecular weight is 520 g/mol. The summed E-state index contributed by atoms with van der Waals surface area (Å²) >= 11 is 0. The van der Waals surface area contributed by atoms with E-state index in [0.717, 1.165) is 25.6 Å². The number of nitrogens with one attached hydrogen (secondary N) is 1. The minimum Gasteiger partial charge on any atom is -0.354 e. The normalized spacial score (nSPS) is 23.1. The summed E-state index contributed by atoms with van der Waals surface area (Å²) in [5.74, 6) is 0.965. The molecule has 2 saturated heterocycles. The van der Waals surface area contributed by atoms with Crippen molar-refractivity contribution in [2.45, 2.75) is 37.5 Å². The molecule has 1 unspecified atom stereocenters. The van der Waals surface area contributed by atoms with Crippen LogP contribution in [0.5, 0.6) is 0 Å². The fraction of sp³-hybridized carbons (Fsp3) is 0.650. The van der Waals surface area contributed by atoms with E-state index in [9.17, 15) is 8.42 Å². The summed E-state index contributed by atoms with van der Waals surface area (Å²) < 4.78 is 23.8. The van der Waals surface area contributed by atoms with Gasteiger partial charge in [0.15, 0.2) is 15.8 Å². The van der Waals surface area contributed by atoms with E-state index in [1.165, 1.54) is 18.4 Å². The molecular formula is C20H33IN4O2S. The SMILES string of the molecule is CN=C(NCC(c1ccccc1)N1CCCC1)N1CCS(=O)(=O)C(C)(C)C1.I. The maximum atomic E-state index is 12.3. The van der Waals surface area contributed by atoms with Crippen molar-refractivity contribution in [3.05, 3.63) is 35.9 Å². The van der Waals surface area contributed by atoms with E-state index in [0.29, 0.717) is 19.1 Å². The summed E-state index contributed by atoms with van der Waals surface area (Å²) in [7, 11) is -1.29. The van der Waals surface area contributed by atoms with Gasteiger partial charge in [-0.15, -0.1) is 24.0 Å². The van der Waals surface area contributed by atoms with Gasteiger partial charge in [-0.2, -0.15) is 0 Å². The van der Waals surface area contributed by atoms with Crippen molar-refractivity contribution < 1.29 is 8.42 Å². The van der Waals surface area contributed by atoms with Gasteiger partial charge in [-0.05, 0) is 45.3 Å². The Bertz CT molecular complexity index is 762. The Morgan fingerprint density at radius 3 is 2.39 bits per heavy atom. The highest BCUT2D eigenvalue weighted by molar-refractivity contribution is 14.0. The highest BCUT2D eigenvalue weighted by Crippen LogP contribution is 2.26. The number of benzene rings is 1. The zero-order valence-electron chi connectivity index (χ0n) is 17.1. The minimum absolute atomic E-state index is 0. The number of halogens is 1. The summed E-state index contributed by atoms with van der Waals surface area (Å²) in [5.41, 5.74) is 1.31. The highest BCUT2D eigenvalue weighted by Gasteiger charge is 2.41. The van der Waals surface area contributed by atoms with Crippen LogP contribution in [0.15, 0.2) is 35.3 Å². The zero-order valence-corrected chi connectivity index (χ0v) is 20.2. The van der Waals surface area contributed by atoms with E-state index < -0.39 is 14.6 Å². The van der Waals surface area contributed by atoms with Crippen LogP contribution in [0.25, 0.3) is 0 Å². The molecule has 1 N–H and O–H groups in total. The topological polar surface area (TPSA) is 65.0 Å². The quantitative estimate of drug-likeness (QED) is 0.376. The van der Waals surface area contributed by atoms with Gasteiger partial charge in [0, 0.05) is 26.7 Å². The molecule has 2 fully saturated rings. The molecule has 158 valence electrons. The van der Waals surface area contributed by atoms with E-state index in [4.69, 9.17) is 0 Å². The molecule has 0 radical (unpaired) electrons. The number of rotatable bonds is 4. The number of hydrogen-bond donors (Lipinski definition) is 1. The molecule has 0 spiro atoms. The van der Waals surface area contributed by atoms with Gasteiger partial charge in [0.05, 0.1) is 16.5 Å². The van der Waals surface area contributed by atoms with Crippen LogP contribution in [0.2, 0.25) is 0 Å². The van der Waals surface area contributed by atoms with Gasteiger partial charge in [0.2, 0.25) is 0 Å². The Hall–Kier alpha value is -0.870. The molecule has 2 heterocycles. The number of guanidine groups is 1. The zero-order chi connectivity index (χ0) is 19.5. The van der Waals surface area contributed by atoms with Crippen molar-refractivity contribution in [2.75, 3.05) is 45.5 Å². The molecule has 2 aliphatic heterocycles. The summed E-state index contributed by atoms with van der Waals surface area (Å²) in [5, 5.41) is 3.52. The fourth-order valence-electron chi connectivity index (χ4n) is 4.03. The van der Waals surface area contributed by atoms with Crippen LogP contribution in [-0.2, 0) is 9.84 Å². The van der Waals surface area contributed by atoms with Crippen molar-refractivity contribution in [3.63, 3.8) is 0 Å². The van der Waals surface area contributed by atoms with Crippen molar-refractivity contribution in [2.24, 2.45) is 4.99 Å². The standard InChI is InChI=1S/C20H32N4O2S.HI/c1-20(2)16-24(13-14-27(20,25)26)19(21-3)22-15-18(23-11-7-8-12-23)17-9-5-4-6-10-17;/h4-6,9-10,18H,7-8,11-16H2,1-3H3,(H,21,22);1H. The van der Waals surface area contributed by atoms with Gasteiger partial charge in [0.1, 0.15) is 0 Å². The Kier molecular flexibility index (Phi) is 8.16. The number of likely N-dealkylation sites (tertiary alicyclic amines) is 1. The first-order chi connectivity index (χ1) is 12.8. The van der Waals surface area contributed by atoms with Gasteiger partial charge in [-0.1, -0.05) is 30.3 Å². The number of sulfone groups is 1. The number of aliphatic imine (C=N–C) groups is 1. The Balaban J connectivity index is 0.00000280. The molecule has 28 heavy (non-hydrogen) atoms. The van der Waals surface area contributed by atoms with E-state index in [1.807, 2.05) is 6.07 Å².